The Morgan fingerprint density at radius 2 is 1.61 bits per heavy atom. The fourth-order valence-electron chi connectivity index (χ4n) is 3.18. The summed E-state index contributed by atoms with van der Waals surface area (Å²) in [5.41, 5.74) is 0.398. The van der Waals surface area contributed by atoms with E-state index < -0.39 is 11.4 Å². The first-order valence-corrected chi connectivity index (χ1v) is 8.85. The highest BCUT2D eigenvalue weighted by Crippen LogP contribution is 2.36. The van der Waals surface area contributed by atoms with Gasteiger partial charge in [0.2, 0.25) is 0 Å². The van der Waals surface area contributed by atoms with Crippen LogP contribution in [0.1, 0.15) is 63.4 Å². The molecule has 0 aromatic heterocycles. The molecule has 0 fully saturated rings. The molecule has 2 heteroatoms. The summed E-state index contributed by atoms with van der Waals surface area (Å²) in [4.78, 5) is 11.8. The number of unbranched alkanes of at least 4 members (excludes halogenated alkanes) is 5. The molecule has 0 saturated carbocycles. The summed E-state index contributed by atoms with van der Waals surface area (Å²) in [6, 6.07) is 10.2. The second-order valence-electron chi connectivity index (χ2n) is 6.52. The van der Waals surface area contributed by atoms with Gasteiger partial charge in [0, 0.05) is 5.92 Å². The summed E-state index contributed by atoms with van der Waals surface area (Å²) in [5, 5.41) is 9.68. The van der Waals surface area contributed by atoms with Crippen molar-refractivity contribution in [2.75, 3.05) is 0 Å². The number of rotatable bonds is 9. The first-order valence-electron chi connectivity index (χ1n) is 8.85. The summed E-state index contributed by atoms with van der Waals surface area (Å²) >= 11 is 0. The molecule has 0 bridgehead atoms. The van der Waals surface area contributed by atoms with Gasteiger partial charge in [0.25, 0.3) is 0 Å². The third-order valence-electron chi connectivity index (χ3n) is 4.73. The van der Waals surface area contributed by atoms with Crippen molar-refractivity contribution < 1.29 is 9.90 Å². The Balaban J connectivity index is 1.93. The predicted octanol–water partition coefficient (Wildman–Crippen LogP) is 5.72. The zero-order chi connectivity index (χ0) is 16.5. The minimum Gasteiger partial charge on any atom is -0.480 e. The van der Waals surface area contributed by atoms with Crippen LogP contribution in [-0.2, 0) is 4.79 Å². The lowest BCUT2D eigenvalue weighted by Gasteiger charge is -2.27. The number of benzene rings is 1. The number of aliphatic carboxylic acids is 1. The lowest BCUT2D eigenvalue weighted by Crippen LogP contribution is -2.28. The lowest BCUT2D eigenvalue weighted by molar-refractivity contribution is -0.144. The van der Waals surface area contributed by atoms with Crippen LogP contribution in [0.25, 0.3) is 0 Å². The van der Waals surface area contributed by atoms with Crippen LogP contribution < -0.4 is 0 Å². The first kappa shape index (κ1) is 17.5. The van der Waals surface area contributed by atoms with E-state index >= 15 is 0 Å². The molecule has 1 aromatic rings. The van der Waals surface area contributed by atoms with Crippen molar-refractivity contribution in [3.8, 4) is 0 Å². The van der Waals surface area contributed by atoms with Crippen LogP contribution in [0, 0.1) is 5.41 Å². The van der Waals surface area contributed by atoms with Crippen LogP contribution in [0.15, 0.2) is 54.6 Å². The van der Waals surface area contributed by atoms with Gasteiger partial charge >= 0.3 is 5.97 Å². The van der Waals surface area contributed by atoms with Gasteiger partial charge in [-0.2, -0.15) is 0 Å². The van der Waals surface area contributed by atoms with Crippen molar-refractivity contribution >= 4 is 5.97 Å². The number of carboxylic acids is 1. The summed E-state index contributed by atoms with van der Waals surface area (Å²) in [6.45, 7) is 2.21. The van der Waals surface area contributed by atoms with E-state index in [0.717, 1.165) is 12.8 Å². The van der Waals surface area contributed by atoms with Gasteiger partial charge in [0.15, 0.2) is 0 Å². The molecule has 0 aliphatic heterocycles. The van der Waals surface area contributed by atoms with Gasteiger partial charge in [-0.3, -0.25) is 4.79 Å². The van der Waals surface area contributed by atoms with E-state index in [1.54, 1.807) is 0 Å². The highest BCUT2D eigenvalue weighted by atomic mass is 16.4. The van der Waals surface area contributed by atoms with Crippen molar-refractivity contribution in [2.24, 2.45) is 5.41 Å². The first-order chi connectivity index (χ1) is 11.2. The van der Waals surface area contributed by atoms with Crippen LogP contribution in [0.4, 0.5) is 0 Å². The Bertz CT molecular complexity index is 528. The quantitative estimate of drug-likeness (QED) is 0.468. The van der Waals surface area contributed by atoms with E-state index in [2.05, 4.69) is 19.1 Å². The molecule has 1 N–H and O–H groups in total. The fraction of sp³-hybridized carbons (Fsp3) is 0.476. The van der Waals surface area contributed by atoms with Gasteiger partial charge in [-0.25, -0.2) is 0 Å². The average Bonchev–Trinajstić information content (AvgIpc) is 2.59. The second-order valence-corrected chi connectivity index (χ2v) is 6.52. The third kappa shape index (κ3) is 4.82. The molecule has 0 saturated heterocycles. The maximum Gasteiger partial charge on any atom is 0.317 e. The van der Waals surface area contributed by atoms with Gasteiger partial charge < -0.3 is 5.11 Å². The van der Waals surface area contributed by atoms with Crippen molar-refractivity contribution in [1.82, 2.24) is 0 Å². The smallest absolute Gasteiger partial charge is 0.317 e. The van der Waals surface area contributed by atoms with Crippen molar-refractivity contribution in [3.05, 3.63) is 60.2 Å². The number of carboxylic acid groups (broad SMARTS) is 1. The molecular formula is C21H28O2. The van der Waals surface area contributed by atoms with E-state index in [9.17, 15) is 9.90 Å². The third-order valence-corrected chi connectivity index (χ3v) is 4.73. The van der Waals surface area contributed by atoms with Gasteiger partial charge in [-0.1, -0.05) is 100 Å². The van der Waals surface area contributed by atoms with Crippen molar-refractivity contribution in [3.63, 3.8) is 0 Å². The Kier molecular flexibility index (Phi) is 6.64. The summed E-state index contributed by atoms with van der Waals surface area (Å²) in [7, 11) is 0. The molecule has 0 unspecified atom stereocenters. The molecule has 0 amide bonds. The van der Waals surface area contributed by atoms with Crippen LogP contribution >= 0.6 is 0 Å². The van der Waals surface area contributed by atoms with Crippen LogP contribution in [0.2, 0.25) is 0 Å². The molecule has 0 spiro atoms. The van der Waals surface area contributed by atoms with Crippen molar-refractivity contribution in [2.45, 2.75) is 57.8 Å². The maximum atomic E-state index is 11.8. The molecule has 0 heterocycles. The second kappa shape index (κ2) is 8.71. The molecule has 2 nitrogen and oxygen atoms in total. The van der Waals surface area contributed by atoms with Gasteiger partial charge in [-0.15, -0.1) is 0 Å². The van der Waals surface area contributed by atoms with Crippen LogP contribution in [0.3, 0.4) is 0 Å². The van der Waals surface area contributed by atoms with Gasteiger partial charge in [0.05, 0.1) is 0 Å². The highest BCUT2D eigenvalue weighted by Gasteiger charge is 2.34. The topological polar surface area (TPSA) is 37.3 Å². The molecule has 23 heavy (non-hydrogen) atoms. The number of hydrogen-bond acceptors (Lipinski definition) is 1. The number of carbonyl (C=O) groups is 1. The molecule has 124 valence electrons. The molecule has 1 aliphatic rings. The SMILES string of the molecule is CCCCCCCCC1(C(=O)O)C=CC(c2ccccc2)C=C1. The number of hydrogen-bond donors (Lipinski definition) is 1. The molecule has 2 rings (SSSR count). The van der Waals surface area contributed by atoms with E-state index in [0.29, 0.717) is 6.42 Å². The molecule has 1 aliphatic carbocycles. The lowest BCUT2D eigenvalue weighted by atomic mass is 9.76. The Hall–Kier alpha value is -1.83. The standard InChI is InChI=1S/C21H28O2/c1-2-3-4-5-6-10-15-21(20(22)23)16-13-19(14-17-21)18-11-8-7-9-12-18/h7-9,11-14,16-17,19H,2-6,10,15H2,1H3,(H,22,23). The zero-order valence-corrected chi connectivity index (χ0v) is 14.1. The van der Waals surface area contributed by atoms with E-state index in [-0.39, 0.29) is 5.92 Å². The largest absolute Gasteiger partial charge is 0.480 e. The fourth-order valence-corrected chi connectivity index (χ4v) is 3.18. The summed E-state index contributed by atoms with van der Waals surface area (Å²) in [6.07, 6.45) is 15.7. The van der Waals surface area contributed by atoms with E-state index in [1.807, 2.05) is 42.5 Å². The molecule has 1 aromatic carbocycles. The Labute approximate surface area is 139 Å². The Morgan fingerprint density at radius 3 is 2.22 bits per heavy atom. The molecule has 0 atom stereocenters. The summed E-state index contributed by atoms with van der Waals surface area (Å²) in [5.74, 6) is -0.543. The molecular weight excluding hydrogens is 284 g/mol. The zero-order valence-electron chi connectivity index (χ0n) is 14.1. The minimum atomic E-state index is -0.809. The molecule has 0 radical (unpaired) electrons. The normalized spacial score (nSPS) is 23.1. The monoisotopic (exact) mass is 312 g/mol. The summed E-state index contributed by atoms with van der Waals surface area (Å²) < 4.78 is 0. The van der Waals surface area contributed by atoms with Gasteiger partial charge in [-0.05, 0) is 12.0 Å². The Morgan fingerprint density at radius 1 is 1.00 bits per heavy atom. The van der Waals surface area contributed by atoms with Crippen LogP contribution in [-0.4, -0.2) is 11.1 Å². The van der Waals surface area contributed by atoms with Crippen molar-refractivity contribution in [1.29, 1.82) is 0 Å². The van der Waals surface area contributed by atoms with Gasteiger partial charge in [0.1, 0.15) is 5.41 Å². The minimum absolute atomic E-state index is 0.188. The predicted molar refractivity (Wildman–Crippen MR) is 95.5 cm³/mol. The average molecular weight is 312 g/mol. The maximum absolute atomic E-state index is 11.8. The number of allylic oxidation sites excluding steroid dienone is 2. The van der Waals surface area contributed by atoms with E-state index in [4.69, 9.17) is 0 Å². The van der Waals surface area contributed by atoms with Crippen LogP contribution in [0.5, 0.6) is 0 Å². The highest BCUT2D eigenvalue weighted by molar-refractivity contribution is 5.80. The van der Waals surface area contributed by atoms with E-state index in [1.165, 1.54) is 31.2 Å².